The summed E-state index contributed by atoms with van der Waals surface area (Å²) < 4.78 is 23.1. The van der Waals surface area contributed by atoms with E-state index in [0.717, 1.165) is 28.0 Å². The van der Waals surface area contributed by atoms with Crippen LogP contribution in [0.2, 0.25) is 0 Å². The standard InChI is InChI=1S/C23H17BrFN5O/c1-13-9-14(29-23-21-17(26-11-27-23)6-5-16(24)22(21)25)3-8-20(13)31-15-4-7-19-18(10-15)28-12-30(19)2/h3-12H,1-2H3,(H,26,27,29). The van der Waals surface area contributed by atoms with Crippen molar-refractivity contribution in [3.8, 4) is 11.5 Å². The summed E-state index contributed by atoms with van der Waals surface area (Å²) in [4.78, 5) is 12.7. The third-order valence-corrected chi connectivity index (χ3v) is 5.67. The maximum absolute atomic E-state index is 14.7. The number of imidazole rings is 1. The Kier molecular flexibility index (Phi) is 4.78. The Labute approximate surface area is 185 Å². The lowest BCUT2D eigenvalue weighted by molar-refractivity contribution is 0.479. The summed E-state index contributed by atoms with van der Waals surface area (Å²) >= 11 is 3.22. The van der Waals surface area contributed by atoms with Gasteiger partial charge < -0.3 is 14.6 Å². The van der Waals surface area contributed by atoms with Crippen molar-refractivity contribution < 1.29 is 9.13 Å². The zero-order valence-electron chi connectivity index (χ0n) is 16.7. The number of halogens is 2. The van der Waals surface area contributed by atoms with E-state index in [2.05, 4.69) is 36.2 Å². The second-order valence-electron chi connectivity index (χ2n) is 7.19. The predicted octanol–water partition coefficient (Wildman–Crippen LogP) is 6.26. The van der Waals surface area contributed by atoms with Crippen LogP contribution in [0.4, 0.5) is 15.9 Å². The van der Waals surface area contributed by atoms with Gasteiger partial charge in [0.15, 0.2) is 5.82 Å². The van der Waals surface area contributed by atoms with Gasteiger partial charge in [0.25, 0.3) is 0 Å². The quantitative estimate of drug-likeness (QED) is 0.330. The lowest BCUT2D eigenvalue weighted by Gasteiger charge is -2.13. The number of nitrogens with zero attached hydrogens (tertiary/aromatic N) is 4. The van der Waals surface area contributed by atoms with Gasteiger partial charge in [0.1, 0.15) is 23.6 Å². The van der Waals surface area contributed by atoms with Gasteiger partial charge in [0.2, 0.25) is 0 Å². The van der Waals surface area contributed by atoms with E-state index in [1.54, 1.807) is 18.5 Å². The fourth-order valence-electron chi connectivity index (χ4n) is 3.47. The number of benzene rings is 3. The summed E-state index contributed by atoms with van der Waals surface area (Å²) in [5.41, 5.74) is 4.13. The third-order valence-electron chi connectivity index (χ3n) is 5.06. The second-order valence-corrected chi connectivity index (χ2v) is 8.05. The van der Waals surface area contributed by atoms with Crippen molar-refractivity contribution in [2.24, 2.45) is 7.05 Å². The van der Waals surface area contributed by atoms with Gasteiger partial charge in [0.05, 0.1) is 32.7 Å². The molecular weight excluding hydrogens is 461 g/mol. The molecule has 0 saturated carbocycles. The summed E-state index contributed by atoms with van der Waals surface area (Å²) in [5.74, 6) is 1.44. The SMILES string of the molecule is Cc1cc(Nc2ncnc3ccc(Br)c(F)c23)ccc1Oc1ccc2c(c1)ncn2C. The number of ether oxygens (including phenoxy) is 1. The van der Waals surface area contributed by atoms with Crippen molar-refractivity contribution in [3.05, 3.63) is 77.0 Å². The Morgan fingerprint density at radius 3 is 2.71 bits per heavy atom. The Morgan fingerprint density at radius 1 is 1.00 bits per heavy atom. The van der Waals surface area contributed by atoms with E-state index in [9.17, 15) is 4.39 Å². The van der Waals surface area contributed by atoms with Crippen molar-refractivity contribution in [3.63, 3.8) is 0 Å². The van der Waals surface area contributed by atoms with E-state index >= 15 is 0 Å². The molecule has 3 aromatic carbocycles. The molecule has 0 fully saturated rings. The Hall–Kier alpha value is -3.52. The molecule has 0 unspecified atom stereocenters. The first-order chi connectivity index (χ1) is 15.0. The summed E-state index contributed by atoms with van der Waals surface area (Å²) in [6.07, 6.45) is 3.19. The van der Waals surface area contributed by atoms with Crippen LogP contribution in [0.1, 0.15) is 5.56 Å². The predicted molar refractivity (Wildman–Crippen MR) is 122 cm³/mol. The van der Waals surface area contributed by atoms with Crippen LogP contribution in [-0.4, -0.2) is 19.5 Å². The molecule has 0 atom stereocenters. The Bertz CT molecular complexity index is 1450. The van der Waals surface area contributed by atoms with E-state index in [0.29, 0.717) is 26.9 Å². The van der Waals surface area contributed by atoms with Gasteiger partial charge in [-0.05, 0) is 70.9 Å². The average molecular weight is 478 g/mol. The van der Waals surface area contributed by atoms with Gasteiger partial charge in [-0.15, -0.1) is 0 Å². The fraction of sp³-hybridized carbons (Fsp3) is 0.0870. The van der Waals surface area contributed by atoms with Crippen molar-refractivity contribution >= 4 is 49.4 Å². The molecule has 0 aliphatic carbocycles. The van der Waals surface area contributed by atoms with Crippen molar-refractivity contribution in [2.75, 3.05) is 5.32 Å². The lowest BCUT2D eigenvalue weighted by Crippen LogP contribution is -1.99. The molecule has 2 heterocycles. The monoisotopic (exact) mass is 477 g/mol. The molecule has 31 heavy (non-hydrogen) atoms. The van der Waals surface area contributed by atoms with Crippen LogP contribution in [0.15, 0.2) is 65.7 Å². The first-order valence-corrected chi connectivity index (χ1v) is 10.3. The minimum atomic E-state index is -0.401. The molecule has 6 nitrogen and oxygen atoms in total. The topological polar surface area (TPSA) is 64.9 Å². The van der Waals surface area contributed by atoms with Gasteiger partial charge in [-0.2, -0.15) is 0 Å². The lowest BCUT2D eigenvalue weighted by atomic mass is 10.2. The number of fused-ring (bicyclic) bond motifs is 2. The van der Waals surface area contributed by atoms with Crippen molar-refractivity contribution in [2.45, 2.75) is 6.92 Å². The molecule has 154 valence electrons. The van der Waals surface area contributed by atoms with Gasteiger partial charge >= 0.3 is 0 Å². The third kappa shape index (κ3) is 3.59. The summed E-state index contributed by atoms with van der Waals surface area (Å²) in [6.45, 7) is 1.95. The number of hydrogen-bond acceptors (Lipinski definition) is 5. The van der Waals surface area contributed by atoms with Crippen LogP contribution < -0.4 is 10.1 Å². The first kappa shape index (κ1) is 19.4. The Balaban J connectivity index is 1.43. The molecule has 2 aromatic heterocycles. The number of rotatable bonds is 4. The highest BCUT2D eigenvalue weighted by Gasteiger charge is 2.13. The molecule has 5 aromatic rings. The minimum Gasteiger partial charge on any atom is -0.457 e. The zero-order valence-corrected chi connectivity index (χ0v) is 18.3. The summed E-state index contributed by atoms with van der Waals surface area (Å²) in [7, 11) is 1.96. The summed E-state index contributed by atoms with van der Waals surface area (Å²) in [6, 6.07) is 14.9. The van der Waals surface area contributed by atoms with Crippen LogP contribution in [0.25, 0.3) is 21.9 Å². The minimum absolute atomic E-state index is 0.332. The highest BCUT2D eigenvalue weighted by atomic mass is 79.9. The van der Waals surface area contributed by atoms with Crippen molar-refractivity contribution in [1.29, 1.82) is 0 Å². The molecular formula is C23H17BrFN5O. The van der Waals surface area contributed by atoms with E-state index in [-0.39, 0.29) is 0 Å². The van der Waals surface area contributed by atoms with Crippen LogP contribution >= 0.6 is 15.9 Å². The number of hydrogen-bond donors (Lipinski definition) is 1. The molecule has 0 aliphatic heterocycles. The average Bonchev–Trinajstić information content (AvgIpc) is 3.13. The maximum Gasteiger partial charge on any atom is 0.150 e. The second kappa shape index (κ2) is 7.63. The van der Waals surface area contributed by atoms with E-state index < -0.39 is 5.82 Å². The van der Waals surface area contributed by atoms with Gasteiger partial charge in [-0.25, -0.2) is 19.3 Å². The molecule has 0 spiro atoms. The van der Waals surface area contributed by atoms with E-state index in [4.69, 9.17) is 4.74 Å². The molecule has 1 N–H and O–H groups in total. The molecule has 8 heteroatoms. The summed E-state index contributed by atoms with van der Waals surface area (Å²) in [5, 5.41) is 3.53. The largest absolute Gasteiger partial charge is 0.457 e. The molecule has 0 bridgehead atoms. The van der Waals surface area contributed by atoms with Gasteiger partial charge in [-0.3, -0.25) is 0 Å². The first-order valence-electron chi connectivity index (χ1n) is 9.55. The van der Waals surface area contributed by atoms with Crippen LogP contribution in [0.3, 0.4) is 0 Å². The van der Waals surface area contributed by atoms with Gasteiger partial charge in [0, 0.05) is 18.8 Å². The molecule has 0 aliphatic rings. The fourth-order valence-corrected chi connectivity index (χ4v) is 3.80. The van der Waals surface area contributed by atoms with Gasteiger partial charge in [-0.1, -0.05) is 0 Å². The normalized spacial score (nSPS) is 11.2. The molecule has 0 radical (unpaired) electrons. The van der Waals surface area contributed by atoms with E-state index in [1.165, 1.54) is 6.33 Å². The maximum atomic E-state index is 14.7. The smallest absolute Gasteiger partial charge is 0.150 e. The molecule has 0 saturated heterocycles. The number of aryl methyl sites for hydroxylation is 2. The highest BCUT2D eigenvalue weighted by Crippen LogP contribution is 2.32. The number of anilines is 2. The van der Waals surface area contributed by atoms with Crippen LogP contribution in [0.5, 0.6) is 11.5 Å². The van der Waals surface area contributed by atoms with Crippen LogP contribution in [-0.2, 0) is 7.05 Å². The van der Waals surface area contributed by atoms with Crippen molar-refractivity contribution in [1.82, 2.24) is 19.5 Å². The zero-order chi connectivity index (χ0) is 21.5. The highest BCUT2D eigenvalue weighted by molar-refractivity contribution is 9.10. The molecule has 5 rings (SSSR count). The molecule has 0 amide bonds. The van der Waals surface area contributed by atoms with Crippen LogP contribution in [0, 0.1) is 12.7 Å². The number of aromatic nitrogens is 4. The number of nitrogens with one attached hydrogen (secondary N) is 1. The van der Waals surface area contributed by atoms with E-state index in [1.807, 2.05) is 54.9 Å². The Morgan fingerprint density at radius 2 is 1.87 bits per heavy atom.